The predicted molar refractivity (Wildman–Crippen MR) is 89.2 cm³/mol. The third-order valence-electron chi connectivity index (χ3n) is 3.71. The van der Waals surface area contributed by atoms with E-state index in [0.29, 0.717) is 16.7 Å². The van der Waals surface area contributed by atoms with Gasteiger partial charge in [0.15, 0.2) is 11.7 Å². The van der Waals surface area contributed by atoms with Gasteiger partial charge >= 0.3 is 6.09 Å². The van der Waals surface area contributed by atoms with Crippen LogP contribution < -0.4 is 5.73 Å². The maximum atomic E-state index is 15.3. The SMILES string of the molecule is Cc1nc(/C(N)=N/C(=O)O)cc2[nH]c(C(C)(F)c3ccccn3)nc12. The first-order valence-electron chi connectivity index (χ1n) is 7.34. The van der Waals surface area contributed by atoms with E-state index in [1.807, 2.05) is 0 Å². The summed E-state index contributed by atoms with van der Waals surface area (Å²) in [6.07, 6.45) is 0.0814. The first kappa shape index (κ1) is 16.5. The van der Waals surface area contributed by atoms with Crippen LogP contribution >= 0.6 is 0 Å². The summed E-state index contributed by atoms with van der Waals surface area (Å²) in [5.41, 5.74) is 5.47. The molecule has 0 spiro atoms. The molecule has 8 nitrogen and oxygen atoms in total. The van der Waals surface area contributed by atoms with E-state index < -0.39 is 11.8 Å². The van der Waals surface area contributed by atoms with Crippen molar-refractivity contribution in [1.29, 1.82) is 0 Å². The van der Waals surface area contributed by atoms with Gasteiger partial charge in [0.1, 0.15) is 11.2 Å². The monoisotopic (exact) mass is 342 g/mol. The number of hydrogen-bond acceptors (Lipinski definition) is 4. The third kappa shape index (κ3) is 3.03. The summed E-state index contributed by atoms with van der Waals surface area (Å²) in [5, 5.41) is 8.69. The molecule has 0 saturated carbocycles. The van der Waals surface area contributed by atoms with Gasteiger partial charge in [0, 0.05) is 6.20 Å². The number of amides is 1. The summed E-state index contributed by atoms with van der Waals surface area (Å²) in [4.78, 5) is 29.3. The van der Waals surface area contributed by atoms with Crippen LogP contribution in [0.2, 0.25) is 0 Å². The summed E-state index contributed by atoms with van der Waals surface area (Å²) in [5.74, 6) is -0.182. The highest BCUT2D eigenvalue weighted by Gasteiger charge is 2.33. The molecule has 25 heavy (non-hydrogen) atoms. The largest absolute Gasteiger partial charge is 0.463 e. The summed E-state index contributed by atoms with van der Waals surface area (Å²) < 4.78 is 15.3. The lowest BCUT2D eigenvalue weighted by atomic mass is 10.0. The van der Waals surface area contributed by atoms with E-state index in [0.717, 1.165) is 0 Å². The third-order valence-corrected chi connectivity index (χ3v) is 3.71. The molecule has 1 unspecified atom stereocenters. The maximum Gasteiger partial charge on any atom is 0.433 e. The Bertz CT molecular complexity index is 981. The molecule has 9 heteroatoms. The van der Waals surface area contributed by atoms with Crippen molar-refractivity contribution in [3.63, 3.8) is 0 Å². The zero-order chi connectivity index (χ0) is 18.2. The lowest BCUT2D eigenvalue weighted by molar-refractivity contribution is 0.205. The van der Waals surface area contributed by atoms with E-state index in [-0.39, 0.29) is 23.0 Å². The number of imidazole rings is 1. The predicted octanol–water partition coefficient (Wildman–Crippen LogP) is 2.28. The number of carbonyl (C=O) groups is 1. The first-order chi connectivity index (χ1) is 11.8. The van der Waals surface area contributed by atoms with Gasteiger partial charge in [0.25, 0.3) is 0 Å². The summed E-state index contributed by atoms with van der Waals surface area (Å²) in [7, 11) is 0. The molecule has 1 atom stereocenters. The number of rotatable bonds is 3. The summed E-state index contributed by atoms with van der Waals surface area (Å²) >= 11 is 0. The van der Waals surface area contributed by atoms with Gasteiger partial charge in [-0.1, -0.05) is 6.07 Å². The molecule has 128 valence electrons. The molecule has 0 aromatic carbocycles. The Morgan fingerprint density at radius 1 is 1.40 bits per heavy atom. The van der Waals surface area contributed by atoms with E-state index in [1.165, 1.54) is 19.2 Å². The van der Waals surface area contributed by atoms with Crippen molar-refractivity contribution in [2.45, 2.75) is 19.5 Å². The number of aliphatic imine (C=N–C) groups is 1. The Morgan fingerprint density at radius 2 is 2.16 bits per heavy atom. The normalized spacial score (nSPS) is 14.4. The molecule has 0 aliphatic heterocycles. The van der Waals surface area contributed by atoms with Crippen LogP contribution in [0.4, 0.5) is 9.18 Å². The fourth-order valence-corrected chi connectivity index (χ4v) is 2.45. The van der Waals surface area contributed by atoms with Crippen LogP contribution in [0.25, 0.3) is 11.0 Å². The van der Waals surface area contributed by atoms with Crippen molar-refractivity contribution in [2.75, 3.05) is 0 Å². The highest BCUT2D eigenvalue weighted by Crippen LogP contribution is 2.31. The van der Waals surface area contributed by atoms with E-state index in [2.05, 4.69) is 24.9 Å². The van der Waals surface area contributed by atoms with Gasteiger partial charge in [-0.15, -0.1) is 0 Å². The Balaban J connectivity index is 2.12. The fraction of sp³-hybridized carbons (Fsp3) is 0.188. The van der Waals surface area contributed by atoms with Gasteiger partial charge in [0.2, 0.25) is 5.67 Å². The molecule has 3 heterocycles. The number of alkyl halides is 1. The number of hydrogen-bond donors (Lipinski definition) is 3. The number of pyridine rings is 2. The minimum Gasteiger partial charge on any atom is -0.463 e. The Kier molecular flexibility index (Phi) is 3.91. The van der Waals surface area contributed by atoms with Gasteiger partial charge in [-0.05, 0) is 32.0 Å². The number of halogens is 1. The average molecular weight is 342 g/mol. The van der Waals surface area contributed by atoms with Crippen molar-refractivity contribution in [3.05, 3.63) is 53.4 Å². The molecule has 0 saturated heterocycles. The van der Waals surface area contributed by atoms with Crippen molar-refractivity contribution in [2.24, 2.45) is 10.7 Å². The van der Waals surface area contributed by atoms with Crippen LogP contribution in [0.5, 0.6) is 0 Å². The Labute approximate surface area is 141 Å². The number of H-pyrrole nitrogens is 1. The molecule has 4 N–H and O–H groups in total. The van der Waals surface area contributed by atoms with Crippen molar-refractivity contribution >= 4 is 23.0 Å². The second kappa shape index (κ2) is 5.93. The van der Waals surface area contributed by atoms with Gasteiger partial charge in [-0.3, -0.25) is 4.98 Å². The van der Waals surface area contributed by atoms with Crippen molar-refractivity contribution in [1.82, 2.24) is 19.9 Å². The Hall–Kier alpha value is -3.36. The van der Waals surface area contributed by atoms with E-state index in [4.69, 9.17) is 10.8 Å². The number of carboxylic acid groups (broad SMARTS) is 1. The van der Waals surface area contributed by atoms with E-state index in [9.17, 15) is 4.79 Å². The average Bonchev–Trinajstić information content (AvgIpc) is 3.00. The highest BCUT2D eigenvalue weighted by molar-refractivity contribution is 6.02. The number of aromatic nitrogens is 4. The van der Waals surface area contributed by atoms with E-state index in [1.54, 1.807) is 25.1 Å². The first-order valence-corrected chi connectivity index (χ1v) is 7.34. The minimum absolute atomic E-state index is 0.0667. The molecule has 3 rings (SSSR count). The number of fused-ring (bicyclic) bond motifs is 1. The molecule has 0 radical (unpaired) electrons. The lowest BCUT2D eigenvalue weighted by Gasteiger charge is -2.16. The number of amidine groups is 1. The maximum absolute atomic E-state index is 15.3. The second-order valence-electron chi connectivity index (χ2n) is 5.57. The van der Waals surface area contributed by atoms with Crippen LogP contribution in [0.15, 0.2) is 35.5 Å². The summed E-state index contributed by atoms with van der Waals surface area (Å²) in [6.45, 7) is 3.03. The van der Waals surface area contributed by atoms with Crippen molar-refractivity contribution in [3.8, 4) is 0 Å². The molecule has 3 aromatic heterocycles. The second-order valence-corrected chi connectivity index (χ2v) is 5.57. The zero-order valence-electron chi connectivity index (χ0n) is 13.5. The number of aromatic amines is 1. The van der Waals surface area contributed by atoms with Crippen LogP contribution in [-0.4, -0.2) is 37.0 Å². The van der Waals surface area contributed by atoms with Gasteiger partial charge < -0.3 is 15.8 Å². The highest BCUT2D eigenvalue weighted by atomic mass is 19.1. The van der Waals surface area contributed by atoms with Crippen LogP contribution in [0.3, 0.4) is 0 Å². The molecular formula is C16H15FN6O2. The summed E-state index contributed by atoms with van der Waals surface area (Å²) in [6, 6.07) is 6.44. The molecule has 3 aromatic rings. The van der Waals surface area contributed by atoms with Crippen LogP contribution in [0, 0.1) is 6.92 Å². The number of nitrogens with zero attached hydrogens (tertiary/aromatic N) is 4. The van der Waals surface area contributed by atoms with E-state index >= 15 is 4.39 Å². The quantitative estimate of drug-likeness (QED) is 0.494. The molecule has 0 aliphatic carbocycles. The molecule has 0 aliphatic rings. The zero-order valence-corrected chi connectivity index (χ0v) is 13.5. The van der Waals surface area contributed by atoms with Crippen LogP contribution in [0.1, 0.15) is 29.8 Å². The number of nitrogens with one attached hydrogen (secondary N) is 1. The molecule has 0 bridgehead atoms. The molecule has 0 fully saturated rings. The fourth-order valence-electron chi connectivity index (χ4n) is 2.45. The van der Waals surface area contributed by atoms with Gasteiger partial charge in [-0.2, -0.15) is 4.99 Å². The van der Waals surface area contributed by atoms with Gasteiger partial charge in [0.05, 0.1) is 16.9 Å². The topological polar surface area (TPSA) is 130 Å². The van der Waals surface area contributed by atoms with Crippen LogP contribution in [-0.2, 0) is 5.67 Å². The standard InChI is InChI=1S/C16H15FN6O2/c1-8-12-9(7-10(20-8)13(18)23-15(24)25)21-14(22-12)16(2,17)11-5-3-4-6-19-11/h3-7H,1-2H3,(H2,18,23)(H,21,22)(H,24,25). The minimum atomic E-state index is -1.94. The Morgan fingerprint density at radius 3 is 2.80 bits per heavy atom. The smallest absolute Gasteiger partial charge is 0.433 e. The number of nitrogens with two attached hydrogens (primary N) is 1. The lowest BCUT2D eigenvalue weighted by Crippen LogP contribution is -2.20. The molecular weight excluding hydrogens is 327 g/mol. The number of aryl methyl sites for hydroxylation is 1. The van der Waals surface area contributed by atoms with Crippen molar-refractivity contribution < 1.29 is 14.3 Å². The van der Waals surface area contributed by atoms with Gasteiger partial charge in [-0.25, -0.2) is 19.2 Å². The molecule has 1 amide bonds.